The minimum absolute atomic E-state index is 0.531. The molecule has 0 bridgehead atoms. The van der Waals surface area contributed by atoms with E-state index in [1.54, 1.807) is 0 Å². The lowest BCUT2D eigenvalue weighted by Gasteiger charge is -2.11. The standard InChI is InChI=1S/C11H14BrN3S/c1-7(16-2)6-15-10-4-3-8(12)5-9(10)14-11(15)13/h3-5,7H,6H2,1-2H3,(H2,13,14). The van der Waals surface area contributed by atoms with Crippen LogP contribution in [-0.4, -0.2) is 21.1 Å². The number of rotatable bonds is 3. The van der Waals surface area contributed by atoms with Crippen molar-refractivity contribution in [3.63, 3.8) is 0 Å². The first-order valence-corrected chi connectivity index (χ1v) is 7.14. The number of benzene rings is 1. The van der Waals surface area contributed by atoms with Gasteiger partial charge in [0.1, 0.15) is 0 Å². The van der Waals surface area contributed by atoms with E-state index < -0.39 is 0 Å². The van der Waals surface area contributed by atoms with Crippen LogP contribution in [0.4, 0.5) is 5.95 Å². The van der Waals surface area contributed by atoms with Gasteiger partial charge in [0.15, 0.2) is 0 Å². The minimum Gasteiger partial charge on any atom is -0.369 e. The number of anilines is 1. The number of nitrogen functional groups attached to an aromatic ring is 1. The van der Waals surface area contributed by atoms with E-state index >= 15 is 0 Å². The van der Waals surface area contributed by atoms with Crippen molar-refractivity contribution in [3.05, 3.63) is 22.7 Å². The normalized spacial score (nSPS) is 13.2. The number of nitrogens with zero attached hydrogens (tertiary/aromatic N) is 2. The van der Waals surface area contributed by atoms with Crippen LogP contribution in [0.2, 0.25) is 0 Å². The maximum atomic E-state index is 5.93. The Kier molecular flexibility index (Phi) is 3.44. The van der Waals surface area contributed by atoms with Crippen LogP contribution in [0.25, 0.3) is 11.0 Å². The summed E-state index contributed by atoms with van der Waals surface area (Å²) in [7, 11) is 0. The molecular formula is C11H14BrN3S. The maximum Gasteiger partial charge on any atom is 0.201 e. The van der Waals surface area contributed by atoms with Crippen molar-refractivity contribution in [2.75, 3.05) is 12.0 Å². The van der Waals surface area contributed by atoms with Crippen LogP contribution in [-0.2, 0) is 6.54 Å². The van der Waals surface area contributed by atoms with Crippen LogP contribution >= 0.6 is 27.7 Å². The number of nitrogens with two attached hydrogens (primary N) is 1. The summed E-state index contributed by atoms with van der Waals surface area (Å²) in [5.74, 6) is 0.592. The predicted molar refractivity (Wildman–Crippen MR) is 74.8 cm³/mol. The van der Waals surface area contributed by atoms with Gasteiger partial charge in [-0.2, -0.15) is 11.8 Å². The van der Waals surface area contributed by atoms with Gasteiger partial charge in [0, 0.05) is 16.3 Å². The lowest BCUT2D eigenvalue weighted by molar-refractivity contribution is 0.721. The average molecular weight is 300 g/mol. The van der Waals surface area contributed by atoms with Crippen LogP contribution in [0.1, 0.15) is 6.92 Å². The zero-order valence-electron chi connectivity index (χ0n) is 9.27. The van der Waals surface area contributed by atoms with Crippen molar-refractivity contribution in [1.29, 1.82) is 0 Å². The van der Waals surface area contributed by atoms with Gasteiger partial charge in [0.25, 0.3) is 0 Å². The number of hydrogen-bond acceptors (Lipinski definition) is 3. The summed E-state index contributed by atoms with van der Waals surface area (Å²) < 4.78 is 3.10. The van der Waals surface area contributed by atoms with E-state index in [0.29, 0.717) is 11.2 Å². The molecule has 0 amide bonds. The minimum atomic E-state index is 0.531. The molecule has 86 valence electrons. The molecule has 1 aromatic carbocycles. The number of hydrogen-bond donors (Lipinski definition) is 1. The highest BCUT2D eigenvalue weighted by molar-refractivity contribution is 9.10. The van der Waals surface area contributed by atoms with Gasteiger partial charge in [0.05, 0.1) is 11.0 Å². The van der Waals surface area contributed by atoms with Gasteiger partial charge in [-0.05, 0) is 24.5 Å². The van der Waals surface area contributed by atoms with E-state index in [0.717, 1.165) is 22.1 Å². The van der Waals surface area contributed by atoms with Gasteiger partial charge in [0.2, 0.25) is 5.95 Å². The van der Waals surface area contributed by atoms with Crippen molar-refractivity contribution in [2.24, 2.45) is 0 Å². The highest BCUT2D eigenvalue weighted by Gasteiger charge is 2.10. The van der Waals surface area contributed by atoms with E-state index in [1.165, 1.54) is 0 Å². The molecule has 0 fully saturated rings. The van der Waals surface area contributed by atoms with Gasteiger partial charge in [-0.1, -0.05) is 22.9 Å². The molecule has 3 nitrogen and oxygen atoms in total. The quantitative estimate of drug-likeness (QED) is 0.947. The summed E-state index contributed by atoms with van der Waals surface area (Å²) in [5.41, 5.74) is 7.98. The lowest BCUT2D eigenvalue weighted by atomic mass is 10.3. The van der Waals surface area contributed by atoms with E-state index in [9.17, 15) is 0 Å². The summed E-state index contributed by atoms with van der Waals surface area (Å²) in [6, 6.07) is 6.06. The number of thioether (sulfide) groups is 1. The van der Waals surface area contributed by atoms with E-state index in [1.807, 2.05) is 23.9 Å². The number of fused-ring (bicyclic) bond motifs is 1. The average Bonchev–Trinajstić information content (AvgIpc) is 2.54. The Morgan fingerprint density at radius 3 is 3.00 bits per heavy atom. The SMILES string of the molecule is CSC(C)Cn1c(N)nc2cc(Br)ccc21. The molecule has 0 radical (unpaired) electrons. The molecule has 0 saturated heterocycles. The molecule has 1 unspecified atom stereocenters. The van der Waals surface area contributed by atoms with Crippen molar-refractivity contribution < 1.29 is 0 Å². The molecule has 2 N–H and O–H groups in total. The fraction of sp³-hybridized carbons (Fsp3) is 0.364. The van der Waals surface area contributed by atoms with E-state index in [2.05, 4.69) is 44.7 Å². The Morgan fingerprint density at radius 2 is 2.31 bits per heavy atom. The molecule has 1 heterocycles. The second kappa shape index (κ2) is 4.67. The lowest BCUT2D eigenvalue weighted by Crippen LogP contribution is -2.11. The summed E-state index contributed by atoms with van der Waals surface area (Å²) in [4.78, 5) is 4.36. The molecule has 0 spiro atoms. The Hall–Kier alpha value is -0.680. The van der Waals surface area contributed by atoms with Gasteiger partial charge in [-0.15, -0.1) is 0 Å². The third-order valence-corrected chi connectivity index (χ3v) is 4.03. The molecule has 5 heteroatoms. The van der Waals surface area contributed by atoms with Crippen molar-refractivity contribution >= 4 is 44.7 Å². The highest BCUT2D eigenvalue weighted by Crippen LogP contribution is 2.23. The molecule has 1 atom stereocenters. The van der Waals surface area contributed by atoms with Crippen molar-refractivity contribution in [2.45, 2.75) is 18.7 Å². The monoisotopic (exact) mass is 299 g/mol. The molecule has 0 aliphatic rings. The Balaban J connectivity index is 2.47. The third kappa shape index (κ3) is 2.20. The van der Waals surface area contributed by atoms with Gasteiger partial charge >= 0.3 is 0 Å². The van der Waals surface area contributed by atoms with Gasteiger partial charge in [-0.3, -0.25) is 0 Å². The number of imidazole rings is 1. The molecule has 16 heavy (non-hydrogen) atoms. The molecule has 1 aromatic heterocycles. The Bertz CT molecular complexity index is 509. The summed E-state index contributed by atoms with van der Waals surface area (Å²) >= 11 is 5.27. The molecule has 0 saturated carbocycles. The fourth-order valence-corrected chi connectivity index (χ4v) is 2.29. The van der Waals surface area contributed by atoms with Crippen molar-refractivity contribution in [3.8, 4) is 0 Å². The van der Waals surface area contributed by atoms with Crippen molar-refractivity contribution in [1.82, 2.24) is 9.55 Å². The molecule has 0 aliphatic carbocycles. The first-order chi connectivity index (χ1) is 7.61. The van der Waals surface area contributed by atoms with Crippen LogP contribution in [0.5, 0.6) is 0 Å². The second-order valence-electron chi connectivity index (χ2n) is 3.76. The molecule has 2 rings (SSSR count). The van der Waals surface area contributed by atoms with Crippen LogP contribution in [0, 0.1) is 0 Å². The Morgan fingerprint density at radius 1 is 1.56 bits per heavy atom. The highest BCUT2D eigenvalue weighted by atomic mass is 79.9. The molecular weight excluding hydrogens is 286 g/mol. The second-order valence-corrected chi connectivity index (χ2v) is 5.95. The van der Waals surface area contributed by atoms with Gasteiger partial charge in [-0.25, -0.2) is 4.98 Å². The largest absolute Gasteiger partial charge is 0.369 e. The smallest absolute Gasteiger partial charge is 0.201 e. The zero-order valence-corrected chi connectivity index (χ0v) is 11.7. The number of halogens is 1. The van der Waals surface area contributed by atoms with Crippen LogP contribution in [0.15, 0.2) is 22.7 Å². The third-order valence-electron chi connectivity index (χ3n) is 2.58. The van der Waals surface area contributed by atoms with Gasteiger partial charge < -0.3 is 10.3 Å². The first kappa shape index (κ1) is 11.8. The summed E-state index contributed by atoms with van der Waals surface area (Å²) in [6.07, 6.45) is 2.11. The Labute approximate surface area is 108 Å². The molecule has 0 aliphatic heterocycles. The van der Waals surface area contributed by atoms with Crippen LogP contribution in [0.3, 0.4) is 0 Å². The first-order valence-electron chi connectivity index (χ1n) is 5.06. The van der Waals surface area contributed by atoms with E-state index in [4.69, 9.17) is 5.73 Å². The van der Waals surface area contributed by atoms with E-state index in [-0.39, 0.29) is 0 Å². The molecule has 2 aromatic rings. The van der Waals surface area contributed by atoms with Crippen LogP contribution < -0.4 is 5.73 Å². The topological polar surface area (TPSA) is 43.8 Å². The predicted octanol–water partition coefficient (Wildman–Crippen LogP) is 3.13. The summed E-state index contributed by atoms with van der Waals surface area (Å²) in [5, 5.41) is 0.531. The number of aromatic nitrogens is 2. The maximum absolute atomic E-state index is 5.93. The fourth-order valence-electron chi connectivity index (χ4n) is 1.65. The summed E-state index contributed by atoms with van der Waals surface area (Å²) in [6.45, 7) is 3.08. The zero-order chi connectivity index (χ0) is 11.7.